The van der Waals surface area contributed by atoms with Crippen LogP contribution in [-0.4, -0.2) is 58.5 Å². The molecule has 4 rings (SSSR count). The largest absolute Gasteiger partial charge is 0.496 e. The van der Waals surface area contributed by atoms with Crippen LogP contribution in [0, 0.1) is 12.7 Å². The number of halogens is 2. The van der Waals surface area contributed by atoms with Gasteiger partial charge in [0.05, 0.1) is 19.0 Å². The predicted octanol–water partition coefficient (Wildman–Crippen LogP) is 4.49. The Bertz CT molecular complexity index is 1370. The standard InChI is InChI=1S/C24H24ClFN6O2/c1-13-17(25)10-15(7-8-27-22-20-23(29-11-28-20)31-12-30-22)21(34-4)19(13)14-5-6-18(26)16(9-14)24(33)32(2)3/h5-6,9-12H,7-8H2,1-4H3,(H2,27,28,29,30,31). The van der Waals surface area contributed by atoms with Crippen LogP contribution in [0.3, 0.4) is 0 Å². The van der Waals surface area contributed by atoms with Gasteiger partial charge in [0, 0.05) is 31.2 Å². The number of imidazole rings is 1. The number of H-pyrrole nitrogens is 1. The molecule has 10 heteroatoms. The molecule has 176 valence electrons. The minimum absolute atomic E-state index is 0.0144. The third kappa shape index (κ3) is 4.38. The average Bonchev–Trinajstić information content (AvgIpc) is 3.31. The Labute approximate surface area is 201 Å². The minimum Gasteiger partial charge on any atom is -0.496 e. The maximum Gasteiger partial charge on any atom is 0.256 e. The molecule has 0 spiro atoms. The number of amides is 1. The lowest BCUT2D eigenvalue weighted by Gasteiger charge is -2.19. The topological polar surface area (TPSA) is 96.0 Å². The molecule has 0 saturated carbocycles. The van der Waals surface area contributed by atoms with Crippen molar-refractivity contribution in [3.8, 4) is 16.9 Å². The maximum absolute atomic E-state index is 14.4. The monoisotopic (exact) mass is 482 g/mol. The number of benzene rings is 2. The van der Waals surface area contributed by atoms with Crippen molar-refractivity contribution in [1.29, 1.82) is 0 Å². The van der Waals surface area contributed by atoms with Crippen molar-refractivity contribution in [2.45, 2.75) is 13.3 Å². The number of rotatable bonds is 7. The van der Waals surface area contributed by atoms with Gasteiger partial charge >= 0.3 is 0 Å². The number of fused-ring (bicyclic) bond motifs is 1. The smallest absolute Gasteiger partial charge is 0.256 e. The second kappa shape index (κ2) is 9.64. The molecule has 0 atom stereocenters. The quantitative estimate of drug-likeness (QED) is 0.403. The van der Waals surface area contributed by atoms with E-state index in [2.05, 4.69) is 25.3 Å². The Morgan fingerprint density at radius 1 is 1.24 bits per heavy atom. The highest BCUT2D eigenvalue weighted by molar-refractivity contribution is 6.32. The Balaban J connectivity index is 1.69. The van der Waals surface area contributed by atoms with Crippen LogP contribution in [0.1, 0.15) is 21.5 Å². The van der Waals surface area contributed by atoms with Gasteiger partial charge in [0.15, 0.2) is 11.5 Å². The van der Waals surface area contributed by atoms with E-state index < -0.39 is 11.7 Å². The molecular formula is C24H24ClFN6O2. The second-order valence-corrected chi connectivity index (χ2v) is 8.35. The predicted molar refractivity (Wildman–Crippen MR) is 130 cm³/mol. The molecule has 2 aromatic carbocycles. The molecule has 2 aromatic heterocycles. The highest BCUT2D eigenvalue weighted by Gasteiger charge is 2.21. The minimum atomic E-state index is -0.583. The second-order valence-electron chi connectivity index (χ2n) is 7.95. The van der Waals surface area contributed by atoms with Crippen LogP contribution in [0.4, 0.5) is 10.2 Å². The van der Waals surface area contributed by atoms with Gasteiger partial charge in [-0.05, 0) is 48.2 Å². The number of carbonyl (C=O) groups is 1. The molecule has 8 nitrogen and oxygen atoms in total. The maximum atomic E-state index is 14.4. The van der Waals surface area contributed by atoms with E-state index in [9.17, 15) is 9.18 Å². The van der Waals surface area contributed by atoms with Gasteiger partial charge in [0.25, 0.3) is 5.91 Å². The van der Waals surface area contributed by atoms with Crippen molar-refractivity contribution in [2.24, 2.45) is 0 Å². The van der Waals surface area contributed by atoms with Crippen LogP contribution in [0.2, 0.25) is 5.02 Å². The third-order valence-corrected chi connectivity index (χ3v) is 5.95. The molecule has 1 amide bonds. The van der Waals surface area contributed by atoms with E-state index in [1.165, 1.54) is 23.4 Å². The zero-order chi connectivity index (χ0) is 24.4. The molecular weight excluding hydrogens is 459 g/mol. The summed E-state index contributed by atoms with van der Waals surface area (Å²) in [5.74, 6) is 0.260. The molecule has 0 radical (unpaired) electrons. The number of hydrogen-bond acceptors (Lipinski definition) is 6. The molecule has 0 aliphatic carbocycles. The van der Waals surface area contributed by atoms with Crippen LogP contribution >= 0.6 is 11.6 Å². The lowest BCUT2D eigenvalue weighted by atomic mass is 9.93. The van der Waals surface area contributed by atoms with Gasteiger partial charge < -0.3 is 19.9 Å². The van der Waals surface area contributed by atoms with Gasteiger partial charge in [-0.15, -0.1) is 0 Å². The SMILES string of the molecule is COc1c(CCNc2ncnc3nc[nH]c23)cc(Cl)c(C)c1-c1ccc(F)c(C(=O)N(C)C)c1. The van der Waals surface area contributed by atoms with E-state index >= 15 is 0 Å². The highest BCUT2D eigenvalue weighted by atomic mass is 35.5. The first kappa shape index (κ1) is 23.4. The summed E-state index contributed by atoms with van der Waals surface area (Å²) >= 11 is 6.58. The summed E-state index contributed by atoms with van der Waals surface area (Å²) in [6.45, 7) is 2.41. The number of carbonyl (C=O) groups excluding carboxylic acids is 1. The summed E-state index contributed by atoms with van der Waals surface area (Å²) in [7, 11) is 4.75. The summed E-state index contributed by atoms with van der Waals surface area (Å²) in [5, 5.41) is 3.84. The third-order valence-electron chi connectivity index (χ3n) is 5.56. The highest BCUT2D eigenvalue weighted by Crippen LogP contribution is 2.40. The van der Waals surface area contributed by atoms with Gasteiger partial charge in [-0.25, -0.2) is 19.3 Å². The molecule has 0 bridgehead atoms. The van der Waals surface area contributed by atoms with Crippen molar-refractivity contribution in [3.05, 3.63) is 64.5 Å². The molecule has 2 N–H and O–H groups in total. The van der Waals surface area contributed by atoms with Crippen LogP contribution in [0.25, 0.3) is 22.3 Å². The molecule has 0 saturated heterocycles. The molecule has 4 aromatic rings. The Morgan fingerprint density at radius 2 is 2.03 bits per heavy atom. The Kier molecular flexibility index (Phi) is 6.65. The van der Waals surface area contributed by atoms with Crippen molar-refractivity contribution < 1.29 is 13.9 Å². The Morgan fingerprint density at radius 3 is 2.76 bits per heavy atom. The number of ether oxygens (including phenoxy) is 1. The number of nitrogens with one attached hydrogen (secondary N) is 2. The molecule has 0 aliphatic rings. The summed E-state index contributed by atoms with van der Waals surface area (Å²) in [6, 6.07) is 6.32. The van der Waals surface area contributed by atoms with Crippen LogP contribution in [0.5, 0.6) is 5.75 Å². The van der Waals surface area contributed by atoms with E-state index in [0.29, 0.717) is 40.8 Å². The average molecular weight is 483 g/mol. The van der Waals surface area contributed by atoms with E-state index in [1.54, 1.807) is 33.6 Å². The molecule has 34 heavy (non-hydrogen) atoms. The van der Waals surface area contributed by atoms with Crippen molar-refractivity contribution in [1.82, 2.24) is 24.8 Å². The number of methoxy groups -OCH3 is 1. The molecule has 0 aliphatic heterocycles. The zero-order valence-electron chi connectivity index (χ0n) is 19.2. The lowest BCUT2D eigenvalue weighted by molar-refractivity contribution is 0.0823. The molecule has 0 fully saturated rings. The van der Waals surface area contributed by atoms with Gasteiger partial charge in [-0.2, -0.15) is 0 Å². The van der Waals surface area contributed by atoms with E-state index in [4.69, 9.17) is 16.3 Å². The van der Waals surface area contributed by atoms with Gasteiger partial charge in [-0.3, -0.25) is 4.79 Å². The first-order chi connectivity index (χ1) is 16.3. The fourth-order valence-corrected chi connectivity index (χ4v) is 4.07. The van der Waals surface area contributed by atoms with Crippen LogP contribution in [-0.2, 0) is 6.42 Å². The van der Waals surface area contributed by atoms with E-state index in [0.717, 1.165) is 22.2 Å². The zero-order valence-corrected chi connectivity index (χ0v) is 20.0. The lowest BCUT2D eigenvalue weighted by Crippen LogP contribution is -2.22. The number of aromatic nitrogens is 4. The molecule has 0 unspecified atom stereocenters. The first-order valence-electron chi connectivity index (χ1n) is 10.6. The van der Waals surface area contributed by atoms with Crippen LogP contribution < -0.4 is 10.1 Å². The van der Waals surface area contributed by atoms with E-state index in [1.807, 2.05) is 13.0 Å². The van der Waals surface area contributed by atoms with Gasteiger partial charge in [0.2, 0.25) is 0 Å². The summed E-state index contributed by atoms with van der Waals surface area (Å²) in [6.07, 6.45) is 3.59. The fourth-order valence-electron chi connectivity index (χ4n) is 3.84. The summed E-state index contributed by atoms with van der Waals surface area (Å²) < 4.78 is 20.2. The summed E-state index contributed by atoms with van der Waals surface area (Å²) in [5.41, 5.74) is 4.29. The van der Waals surface area contributed by atoms with Crippen molar-refractivity contribution in [3.63, 3.8) is 0 Å². The Hall–Kier alpha value is -3.72. The van der Waals surface area contributed by atoms with Crippen molar-refractivity contribution >= 4 is 34.5 Å². The number of hydrogen-bond donors (Lipinski definition) is 2. The number of anilines is 1. The number of aromatic amines is 1. The van der Waals surface area contributed by atoms with Crippen molar-refractivity contribution in [2.75, 3.05) is 33.1 Å². The number of nitrogens with zero attached hydrogens (tertiary/aromatic N) is 4. The first-order valence-corrected chi connectivity index (χ1v) is 10.9. The van der Waals surface area contributed by atoms with Gasteiger partial charge in [-0.1, -0.05) is 17.7 Å². The molecule has 2 heterocycles. The fraction of sp³-hybridized carbons (Fsp3) is 0.250. The normalized spacial score (nSPS) is 11.0. The van der Waals surface area contributed by atoms with E-state index in [-0.39, 0.29) is 5.56 Å². The summed E-state index contributed by atoms with van der Waals surface area (Å²) in [4.78, 5) is 29.4. The van der Waals surface area contributed by atoms with Gasteiger partial charge in [0.1, 0.15) is 23.4 Å². The van der Waals surface area contributed by atoms with Crippen LogP contribution in [0.15, 0.2) is 36.9 Å².